The maximum atomic E-state index is 13.2. The molecule has 7 heteroatoms. The smallest absolute Gasteiger partial charge is 0.250 e. The van der Waals surface area contributed by atoms with Gasteiger partial charge >= 0.3 is 0 Å². The molecule has 0 unspecified atom stereocenters. The van der Waals surface area contributed by atoms with Gasteiger partial charge in [-0.25, -0.2) is 4.98 Å². The number of nitrogens with zero attached hydrogens (tertiary/aromatic N) is 2. The summed E-state index contributed by atoms with van der Waals surface area (Å²) in [4.78, 5) is 33.0. The molecule has 0 radical (unpaired) electrons. The molecule has 2 saturated heterocycles. The normalized spacial score (nSPS) is 29.0. The molecule has 1 aromatic heterocycles. The van der Waals surface area contributed by atoms with E-state index in [2.05, 4.69) is 20.5 Å². The maximum Gasteiger partial charge on any atom is 0.250 e. The predicted octanol–water partition coefficient (Wildman–Crippen LogP) is 2.13. The Balaban J connectivity index is 1.44. The van der Waals surface area contributed by atoms with Crippen molar-refractivity contribution >= 4 is 28.8 Å². The predicted molar refractivity (Wildman–Crippen MR) is 103 cm³/mol. The van der Waals surface area contributed by atoms with Crippen LogP contribution in [-0.4, -0.2) is 40.8 Å². The molecule has 140 valence electrons. The summed E-state index contributed by atoms with van der Waals surface area (Å²) in [6.45, 7) is 1.42. The third kappa shape index (κ3) is 2.45. The second-order valence-corrected chi connectivity index (χ2v) is 8.49. The monoisotopic (exact) mass is 382 g/mol. The van der Waals surface area contributed by atoms with Gasteiger partial charge in [0, 0.05) is 41.8 Å². The van der Waals surface area contributed by atoms with Crippen LogP contribution in [0.15, 0.2) is 35.8 Å². The van der Waals surface area contributed by atoms with Crippen molar-refractivity contribution in [2.24, 2.45) is 5.92 Å². The van der Waals surface area contributed by atoms with Crippen LogP contribution in [0, 0.1) is 5.92 Å². The number of carbonyl (C=O) groups excluding carboxylic acids is 2. The number of benzene rings is 1. The minimum Gasteiger partial charge on any atom is -0.355 e. The van der Waals surface area contributed by atoms with E-state index in [1.54, 1.807) is 17.5 Å². The molecule has 3 atom stereocenters. The van der Waals surface area contributed by atoms with Crippen LogP contribution in [0.5, 0.6) is 0 Å². The van der Waals surface area contributed by atoms with Crippen molar-refractivity contribution in [3.05, 3.63) is 46.4 Å². The number of aromatic nitrogens is 1. The average Bonchev–Trinajstić information content (AvgIpc) is 3.42. The minimum absolute atomic E-state index is 0.0205. The van der Waals surface area contributed by atoms with Crippen molar-refractivity contribution in [1.29, 1.82) is 0 Å². The Labute approximate surface area is 162 Å². The summed E-state index contributed by atoms with van der Waals surface area (Å²) < 4.78 is 0. The summed E-state index contributed by atoms with van der Waals surface area (Å²) >= 11 is 1.60. The first-order valence-corrected chi connectivity index (χ1v) is 10.4. The molecule has 1 spiro atoms. The topological polar surface area (TPSA) is 74.3 Å². The number of anilines is 1. The van der Waals surface area contributed by atoms with Gasteiger partial charge in [-0.1, -0.05) is 18.2 Å². The van der Waals surface area contributed by atoms with Gasteiger partial charge in [0.05, 0.1) is 10.9 Å². The molecule has 2 fully saturated rings. The first-order chi connectivity index (χ1) is 13.2. The quantitative estimate of drug-likeness (QED) is 0.850. The van der Waals surface area contributed by atoms with Crippen LogP contribution in [0.2, 0.25) is 0 Å². The van der Waals surface area contributed by atoms with Gasteiger partial charge in [0.15, 0.2) is 0 Å². The summed E-state index contributed by atoms with van der Waals surface area (Å²) in [7, 11) is 0. The highest BCUT2D eigenvalue weighted by atomic mass is 32.1. The van der Waals surface area contributed by atoms with E-state index in [-0.39, 0.29) is 17.7 Å². The molecule has 6 nitrogen and oxygen atoms in total. The largest absolute Gasteiger partial charge is 0.355 e. The van der Waals surface area contributed by atoms with Crippen molar-refractivity contribution in [2.75, 3.05) is 18.4 Å². The first kappa shape index (κ1) is 16.9. The van der Waals surface area contributed by atoms with Gasteiger partial charge in [0.25, 0.3) is 0 Å². The maximum absolute atomic E-state index is 13.2. The number of amides is 2. The van der Waals surface area contributed by atoms with E-state index in [0.717, 1.165) is 48.5 Å². The molecule has 0 bridgehead atoms. The second-order valence-electron chi connectivity index (χ2n) is 7.51. The van der Waals surface area contributed by atoms with Gasteiger partial charge in [-0.3, -0.25) is 14.5 Å². The van der Waals surface area contributed by atoms with Crippen LogP contribution in [-0.2, 0) is 21.5 Å². The molecule has 5 rings (SSSR count). The van der Waals surface area contributed by atoms with E-state index < -0.39 is 5.54 Å². The zero-order chi connectivity index (χ0) is 18.4. The lowest BCUT2D eigenvalue weighted by molar-refractivity contribution is -0.137. The Hall–Kier alpha value is -2.25. The first-order valence-electron chi connectivity index (χ1n) is 9.55. The highest BCUT2D eigenvalue weighted by molar-refractivity contribution is 7.09. The third-order valence-electron chi connectivity index (χ3n) is 6.21. The highest BCUT2D eigenvalue weighted by Gasteiger charge is 2.65. The number of rotatable bonds is 4. The number of thiazole rings is 1. The van der Waals surface area contributed by atoms with E-state index in [9.17, 15) is 9.59 Å². The Morgan fingerprint density at radius 3 is 3.15 bits per heavy atom. The van der Waals surface area contributed by atoms with E-state index in [1.807, 2.05) is 29.6 Å². The molecule has 27 heavy (non-hydrogen) atoms. The van der Waals surface area contributed by atoms with Crippen LogP contribution in [0.1, 0.15) is 29.8 Å². The minimum atomic E-state index is -0.858. The SMILES string of the molecule is O=C(NCCc1nccs1)[C@H]1C[C@H]2CCCN2[C@]12C(=O)Nc1ccccc12. The molecule has 1 aromatic carbocycles. The standard InChI is InChI=1S/C20H22N4O2S/c25-18(22-8-7-17-21-9-11-27-17)15-12-13-4-3-10-24(13)20(15)14-5-1-2-6-16(14)23-19(20)26/h1-2,5-6,9,11,13,15H,3-4,7-8,10,12H2,(H,22,25)(H,23,26)/t13-,15-,20+/m1/s1. The van der Waals surface area contributed by atoms with E-state index in [4.69, 9.17) is 0 Å². The summed E-state index contributed by atoms with van der Waals surface area (Å²) in [6.07, 6.45) is 5.38. The lowest BCUT2D eigenvalue weighted by Gasteiger charge is -2.36. The van der Waals surface area contributed by atoms with Gasteiger partial charge in [-0.2, -0.15) is 0 Å². The molecular weight excluding hydrogens is 360 g/mol. The number of para-hydroxylation sites is 1. The zero-order valence-corrected chi connectivity index (χ0v) is 15.8. The molecule has 3 aliphatic heterocycles. The Kier molecular flexibility index (Phi) is 4.02. The highest BCUT2D eigenvalue weighted by Crippen LogP contribution is 2.55. The molecule has 0 saturated carbocycles. The van der Waals surface area contributed by atoms with Crippen LogP contribution < -0.4 is 10.6 Å². The summed E-state index contributed by atoms with van der Waals surface area (Å²) in [5.74, 6) is -0.427. The number of carbonyl (C=O) groups is 2. The van der Waals surface area contributed by atoms with Crippen LogP contribution in [0.4, 0.5) is 5.69 Å². The molecule has 2 N–H and O–H groups in total. The molecular formula is C20H22N4O2S. The summed E-state index contributed by atoms with van der Waals surface area (Å²) in [5, 5.41) is 9.07. The number of hydrogen-bond donors (Lipinski definition) is 2. The molecule has 0 aliphatic carbocycles. The zero-order valence-electron chi connectivity index (χ0n) is 15.0. The van der Waals surface area contributed by atoms with E-state index >= 15 is 0 Å². The third-order valence-corrected chi connectivity index (χ3v) is 7.05. The van der Waals surface area contributed by atoms with Gasteiger partial charge in [0.2, 0.25) is 11.8 Å². The van der Waals surface area contributed by atoms with Crippen molar-refractivity contribution in [3.63, 3.8) is 0 Å². The number of fused-ring (bicyclic) bond motifs is 4. The lowest BCUT2D eigenvalue weighted by Crippen LogP contribution is -2.54. The van der Waals surface area contributed by atoms with Crippen LogP contribution >= 0.6 is 11.3 Å². The number of nitrogens with one attached hydrogen (secondary N) is 2. The van der Waals surface area contributed by atoms with Crippen molar-refractivity contribution in [2.45, 2.75) is 37.3 Å². The fourth-order valence-corrected chi connectivity index (χ4v) is 5.79. The van der Waals surface area contributed by atoms with Gasteiger partial charge in [-0.15, -0.1) is 11.3 Å². The Morgan fingerprint density at radius 2 is 2.30 bits per heavy atom. The second kappa shape index (κ2) is 6.42. The lowest BCUT2D eigenvalue weighted by atomic mass is 9.78. The van der Waals surface area contributed by atoms with Crippen molar-refractivity contribution < 1.29 is 9.59 Å². The summed E-state index contributed by atoms with van der Waals surface area (Å²) in [5.41, 5.74) is 0.943. The van der Waals surface area contributed by atoms with Gasteiger partial charge < -0.3 is 10.6 Å². The Morgan fingerprint density at radius 1 is 1.41 bits per heavy atom. The van der Waals surface area contributed by atoms with Crippen molar-refractivity contribution in [3.8, 4) is 0 Å². The molecule has 3 aliphatic rings. The molecule has 4 heterocycles. The number of hydrogen-bond acceptors (Lipinski definition) is 5. The van der Waals surface area contributed by atoms with Gasteiger partial charge in [-0.05, 0) is 31.9 Å². The van der Waals surface area contributed by atoms with E-state index in [1.165, 1.54) is 0 Å². The fourth-order valence-electron chi connectivity index (χ4n) is 5.17. The van der Waals surface area contributed by atoms with Crippen LogP contribution in [0.25, 0.3) is 0 Å². The van der Waals surface area contributed by atoms with Gasteiger partial charge in [0.1, 0.15) is 5.54 Å². The van der Waals surface area contributed by atoms with Crippen LogP contribution in [0.3, 0.4) is 0 Å². The molecule has 2 aromatic rings. The van der Waals surface area contributed by atoms with E-state index in [0.29, 0.717) is 12.6 Å². The summed E-state index contributed by atoms with van der Waals surface area (Å²) in [6, 6.07) is 8.13. The average molecular weight is 382 g/mol. The fraction of sp³-hybridized carbons (Fsp3) is 0.450. The molecule has 2 amide bonds. The van der Waals surface area contributed by atoms with Crippen molar-refractivity contribution in [1.82, 2.24) is 15.2 Å². The Bertz CT molecular complexity index is 884.